The first-order valence-corrected chi connectivity index (χ1v) is 21.4. The molecule has 4 rings (SSSR count). The van der Waals surface area contributed by atoms with Gasteiger partial charge in [0.25, 0.3) is 0 Å². The quantitative estimate of drug-likeness (QED) is 0.275. The molecule has 38 heavy (non-hydrogen) atoms. The van der Waals surface area contributed by atoms with Gasteiger partial charge >= 0.3 is 0 Å². The second kappa shape index (κ2) is 9.70. The van der Waals surface area contributed by atoms with Crippen LogP contribution in [0.3, 0.4) is 0 Å². The van der Waals surface area contributed by atoms with Gasteiger partial charge < -0.3 is 14.0 Å². The number of aliphatic hydroxyl groups is 1. The van der Waals surface area contributed by atoms with E-state index < -0.39 is 22.7 Å². The van der Waals surface area contributed by atoms with Crippen LogP contribution in [0.25, 0.3) is 0 Å². The largest absolute Gasteiger partial charge is 0.414 e. The summed E-state index contributed by atoms with van der Waals surface area (Å²) in [6.07, 6.45) is 8.36. The number of hydrogen-bond acceptors (Lipinski definition) is 3. The number of rotatable bonds is 4. The SMILES string of the molecule is C=C=C1[C@H](O)C[C@H]2[C@@H]3CC[C@H]4C[C@@H](O[Si](C)(C)C(C)(C)C)CC[C@]4(C)[C@H]3C[C@@H](O[Si](C)(C)C(C)(C)C)[C@]12C. The zero-order chi connectivity index (χ0) is 28.7. The van der Waals surface area contributed by atoms with Crippen molar-refractivity contribution in [1.29, 1.82) is 0 Å². The van der Waals surface area contributed by atoms with Crippen molar-refractivity contribution in [3.8, 4) is 0 Å². The summed E-state index contributed by atoms with van der Waals surface area (Å²) in [7, 11) is -3.77. The van der Waals surface area contributed by atoms with E-state index in [0.29, 0.717) is 29.3 Å². The van der Waals surface area contributed by atoms with Crippen LogP contribution >= 0.6 is 0 Å². The second-order valence-electron chi connectivity index (χ2n) is 17.2. The van der Waals surface area contributed by atoms with E-state index >= 15 is 0 Å². The molecule has 4 aliphatic rings. The summed E-state index contributed by atoms with van der Waals surface area (Å²) in [6, 6.07) is 0. The van der Waals surface area contributed by atoms with Gasteiger partial charge in [0.15, 0.2) is 16.6 Å². The predicted octanol–water partition coefficient (Wildman–Crippen LogP) is 9.10. The van der Waals surface area contributed by atoms with Crippen LogP contribution in [0.5, 0.6) is 0 Å². The molecule has 0 amide bonds. The summed E-state index contributed by atoms with van der Waals surface area (Å²) in [5.41, 5.74) is 4.45. The highest BCUT2D eigenvalue weighted by molar-refractivity contribution is 6.74. The average molecular weight is 561 g/mol. The highest BCUT2D eigenvalue weighted by atomic mass is 28.4. The topological polar surface area (TPSA) is 38.7 Å². The standard InChI is InChI=1S/C33H60O3Si2/c1-14-25-28(34)20-27-24-16-15-22-19-23(35-37(10,11)30(2,3)4)17-18-32(22,8)26(24)21-29(33(25,27)9)36-38(12,13)31(5,6)7/h22-24,26-29,34H,1,15-21H2,2-13H3/t22-,23-,24+,26-,27-,28+,29+,32-,33+/m0/s1. The van der Waals surface area contributed by atoms with Crippen molar-refractivity contribution in [2.75, 3.05) is 0 Å². The molecule has 4 fully saturated rings. The molecule has 3 nitrogen and oxygen atoms in total. The van der Waals surface area contributed by atoms with Crippen molar-refractivity contribution in [3.05, 3.63) is 17.9 Å². The minimum absolute atomic E-state index is 0.132. The van der Waals surface area contributed by atoms with Gasteiger partial charge in [-0.2, -0.15) is 0 Å². The lowest BCUT2D eigenvalue weighted by atomic mass is 9.44. The van der Waals surface area contributed by atoms with Crippen LogP contribution in [0.4, 0.5) is 0 Å². The molecule has 0 heterocycles. The van der Waals surface area contributed by atoms with Crippen molar-refractivity contribution in [2.45, 2.75) is 155 Å². The van der Waals surface area contributed by atoms with Crippen molar-refractivity contribution in [3.63, 3.8) is 0 Å². The Kier molecular flexibility index (Phi) is 7.86. The fourth-order valence-corrected chi connectivity index (χ4v) is 11.5. The van der Waals surface area contributed by atoms with Crippen molar-refractivity contribution < 1.29 is 14.0 Å². The molecule has 4 saturated carbocycles. The smallest absolute Gasteiger partial charge is 0.192 e. The van der Waals surface area contributed by atoms with E-state index in [1.807, 2.05) is 0 Å². The minimum Gasteiger partial charge on any atom is -0.414 e. The second-order valence-corrected chi connectivity index (χ2v) is 26.7. The summed E-state index contributed by atoms with van der Waals surface area (Å²) in [5.74, 6) is 2.48. The first-order chi connectivity index (χ1) is 17.2. The molecular formula is C33H60O3Si2. The Morgan fingerprint density at radius 2 is 1.42 bits per heavy atom. The Hall–Kier alpha value is -0.166. The van der Waals surface area contributed by atoms with Crippen molar-refractivity contribution in [2.24, 2.45) is 34.5 Å². The fraction of sp³-hybridized carbons (Fsp3) is 0.909. The van der Waals surface area contributed by atoms with Gasteiger partial charge in [-0.1, -0.05) is 62.0 Å². The van der Waals surface area contributed by atoms with Crippen LogP contribution in [0.15, 0.2) is 17.9 Å². The lowest BCUT2D eigenvalue weighted by Gasteiger charge is -2.63. The maximum Gasteiger partial charge on any atom is 0.192 e. The fourth-order valence-electron chi connectivity index (χ4n) is 8.71. The summed E-state index contributed by atoms with van der Waals surface area (Å²) in [5, 5.41) is 11.7. The Labute approximate surface area is 237 Å². The maximum absolute atomic E-state index is 11.3. The molecule has 0 aromatic carbocycles. The summed E-state index contributed by atoms with van der Waals surface area (Å²) in [6.45, 7) is 32.8. The molecule has 0 aliphatic heterocycles. The van der Waals surface area contributed by atoms with Crippen molar-refractivity contribution >= 4 is 16.6 Å². The van der Waals surface area contributed by atoms with Gasteiger partial charge in [-0.05, 0) is 110 Å². The van der Waals surface area contributed by atoms with Gasteiger partial charge in [0, 0.05) is 17.1 Å². The molecular weight excluding hydrogens is 501 g/mol. The molecule has 0 aromatic rings. The first kappa shape index (κ1) is 30.8. The van der Waals surface area contributed by atoms with Crippen LogP contribution in [0.2, 0.25) is 36.3 Å². The normalized spacial score (nSPS) is 42.2. The van der Waals surface area contributed by atoms with Crippen LogP contribution in [0, 0.1) is 34.5 Å². The Morgan fingerprint density at radius 3 is 1.97 bits per heavy atom. The van der Waals surface area contributed by atoms with E-state index in [0.717, 1.165) is 24.3 Å². The third-order valence-corrected chi connectivity index (χ3v) is 22.2. The number of hydrogen-bond donors (Lipinski definition) is 1. The lowest BCUT2D eigenvalue weighted by molar-refractivity contribution is -0.149. The Bertz CT molecular complexity index is 952. The monoisotopic (exact) mass is 560 g/mol. The van der Waals surface area contributed by atoms with Crippen LogP contribution in [-0.4, -0.2) is 40.1 Å². The van der Waals surface area contributed by atoms with E-state index in [1.54, 1.807) is 0 Å². The van der Waals surface area contributed by atoms with E-state index in [9.17, 15) is 5.11 Å². The van der Waals surface area contributed by atoms with Crippen molar-refractivity contribution in [1.82, 2.24) is 0 Å². The highest BCUT2D eigenvalue weighted by Gasteiger charge is 2.65. The highest BCUT2D eigenvalue weighted by Crippen LogP contribution is 2.68. The number of aliphatic hydroxyl groups excluding tert-OH is 1. The maximum atomic E-state index is 11.3. The van der Waals surface area contributed by atoms with Gasteiger partial charge in [0.2, 0.25) is 0 Å². The summed E-state index contributed by atoms with van der Waals surface area (Å²) < 4.78 is 14.4. The molecule has 218 valence electrons. The molecule has 5 heteroatoms. The zero-order valence-electron chi connectivity index (χ0n) is 27.0. The van der Waals surface area contributed by atoms with Crippen LogP contribution < -0.4 is 0 Å². The predicted molar refractivity (Wildman–Crippen MR) is 165 cm³/mol. The van der Waals surface area contributed by atoms with Gasteiger partial charge in [-0.3, -0.25) is 0 Å². The van der Waals surface area contributed by atoms with Gasteiger partial charge in [-0.25, -0.2) is 0 Å². The van der Waals surface area contributed by atoms with E-state index in [1.165, 1.54) is 32.1 Å². The zero-order valence-corrected chi connectivity index (χ0v) is 29.0. The minimum atomic E-state index is -2.00. The Morgan fingerprint density at radius 1 is 0.842 bits per heavy atom. The van der Waals surface area contributed by atoms with E-state index in [-0.39, 0.29) is 21.6 Å². The molecule has 0 aromatic heterocycles. The summed E-state index contributed by atoms with van der Waals surface area (Å²) >= 11 is 0. The van der Waals surface area contributed by atoms with Gasteiger partial charge in [0.1, 0.15) is 0 Å². The first-order valence-electron chi connectivity index (χ1n) is 15.6. The van der Waals surface area contributed by atoms with Crippen LogP contribution in [-0.2, 0) is 8.85 Å². The molecule has 0 spiro atoms. The van der Waals surface area contributed by atoms with Gasteiger partial charge in [-0.15, -0.1) is 5.73 Å². The lowest BCUT2D eigenvalue weighted by Crippen LogP contribution is -2.60. The molecule has 1 N–H and O–H groups in total. The molecule has 0 saturated heterocycles. The average Bonchev–Trinajstić information content (AvgIpc) is 3.03. The van der Waals surface area contributed by atoms with Crippen LogP contribution in [0.1, 0.15) is 100 Å². The molecule has 9 atom stereocenters. The third kappa shape index (κ3) is 4.83. The van der Waals surface area contributed by atoms with Gasteiger partial charge in [0.05, 0.1) is 12.2 Å². The molecule has 0 radical (unpaired) electrons. The number of fused-ring (bicyclic) bond motifs is 5. The molecule has 4 aliphatic carbocycles. The molecule has 0 bridgehead atoms. The Balaban J connectivity index is 1.65. The van der Waals surface area contributed by atoms with E-state index in [4.69, 9.17) is 8.85 Å². The van der Waals surface area contributed by atoms with E-state index in [2.05, 4.69) is 93.9 Å². The third-order valence-electron chi connectivity index (χ3n) is 13.2. The summed E-state index contributed by atoms with van der Waals surface area (Å²) in [4.78, 5) is 0. The molecule has 0 unspecified atom stereocenters.